The second-order valence-electron chi connectivity index (χ2n) is 7.82. The van der Waals surface area contributed by atoms with Gasteiger partial charge in [-0.1, -0.05) is 17.7 Å². The lowest BCUT2D eigenvalue weighted by Crippen LogP contribution is -2.47. The highest BCUT2D eigenvalue weighted by Gasteiger charge is 2.30. The van der Waals surface area contributed by atoms with Crippen LogP contribution in [0.1, 0.15) is 12.8 Å². The quantitative estimate of drug-likeness (QED) is 0.528. The van der Waals surface area contributed by atoms with E-state index in [1.807, 2.05) is 11.9 Å². The van der Waals surface area contributed by atoms with E-state index in [2.05, 4.69) is 20.6 Å². The van der Waals surface area contributed by atoms with Crippen LogP contribution in [-0.4, -0.2) is 61.0 Å². The highest BCUT2D eigenvalue weighted by atomic mass is 35.5. The molecule has 2 N–H and O–H groups in total. The summed E-state index contributed by atoms with van der Waals surface area (Å²) >= 11 is 5.91. The summed E-state index contributed by atoms with van der Waals surface area (Å²) in [6.07, 6.45) is 1.46. The number of benzene rings is 2. The molecule has 1 saturated heterocycles. The second kappa shape index (κ2) is 10.3. The van der Waals surface area contributed by atoms with Crippen molar-refractivity contribution in [3.8, 4) is 11.5 Å². The lowest BCUT2D eigenvalue weighted by molar-refractivity contribution is -0.0551. The summed E-state index contributed by atoms with van der Waals surface area (Å²) in [5.74, 6) is 0.790. The molecular formula is C23H25ClFN5O4. The number of ether oxygens (including phenoxy) is 3. The molecule has 1 fully saturated rings. The van der Waals surface area contributed by atoms with E-state index in [-0.39, 0.29) is 16.8 Å². The number of alkyl carbamates (subject to hydrolysis) is 1. The number of likely N-dealkylation sites (tertiary alicyclic amines) is 1. The van der Waals surface area contributed by atoms with Crippen LogP contribution in [-0.2, 0) is 4.74 Å². The molecule has 1 aromatic heterocycles. The molecule has 0 saturated carbocycles. The molecule has 3 aromatic rings. The van der Waals surface area contributed by atoms with Crippen LogP contribution in [0.25, 0.3) is 10.9 Å². The molecular weight excluding hydrogens is 465 g/mol. The Morgan fingerprint density at radius 2 is 2.09 bits per heavy atom. The third kappa shape index (κ3) is 5.07. The van der Waals surface area contributed by atoms with Crippen molar-refractivity contribution in [2.45, 2.75) is 25.2 Å². The van der Waals surface area contributed by atoms with Crippen molar-refractivity contribution in [2.75, 3.05) is 33.1 Å². The van der Waals surface area contributed by atoms with Crippen LogP contribution in [0.3, 0.4) is 0 Å². The molecule has 0 radical (unpaired) electrons. The monoisotopic (exact) mass is 489 g/mol. The minimum absolute atomic E-state index is 0.00449. The van der Waals surface area contributed by atoms with Gasteiger partial charge < -0.3 is 24.8 Å². The van der Waals surface area contributed by atoms with Crippen LogP contribution >= 0.6 is 11.6 Å². The van der Waals surface area contributed by atoms with Crippen LogP contribution in [0.15, 0.2) is 36.7 Å². The number of carbonyl (C=O) groups excluding carboxylic acids is 1. The minimum Gasteiger partial charge on any atom is -0.493 e. The van der Waals surface area contributed by atoms with Gasteiger partial charge in [0.2, 0.25) is 0 Å². The van der Waals surface area contributed by atoms with E-state index in [9.17, 15) is 9.18 Å². The van der Waals surface area contributed by atoms with Gasteiger partial charge in [0.15, 0.2) is 23.5 Å². The Bertz CT molecular complexity index is 1200. The molecule has 2 aromatic carbocycles. The van der Waals surface area contributed by atoms with Crippen LogP contribution in [0, 0.1) is 5.82 Å². The zero-order chi connectivity index (χ0) is 24.2. The van der Waals surface area contributed by atoms with Crippen molar-refractivity contribution in [1.82, 2.24) is 20.2 Å². The summed E-state index contributed by atoms with van der Waals surface area (Å²) in [5.41, 5.74) is 0.781. The van der Waals surface area contributed by atoms with Gasteiger partial charge in [0.1, 0.15) is 18.2 Å². The maximum atomic E-state index is 14.5. The molecule has 0 bridgehead atoms. The number of hydrogen-bond acceptors (Lipinski definition) is 8. The Hall–Kier alpha value is -3.37. The summed E-state index contributed by atoms with van der Waals surface area (Å²) in [6.45, 7) is 0.687. The predicted octanol–water partition coefficient (Wildman–Crippen LogP) is 4.33. The van der Waals surface area contributed by atoms with Crippen molar-refractivity contribution in [3.05, 3.63) is 47.5 Å². The number of fused-ring (bicyclic) bond motifs is 1. The predicted molar refractivity (Wildman–Crippen MR) is 126 cm³/mol. The molecule has 34 heavy (non-hydrogen) atoms. The third-order valence-corrected chi connectivity index (χ3v) is 5.92. The Morgan fingerprint density at radius 3 is 2.85 bits per heavy atom. The normalized spacial score (nSPS) is 18.4. The van der Waals surface area contributed by atoms with Crippen molar-refractivity contribution in [2.24, 2.45) is 0 Å². The lowest BCUT2D eigenvalue weighted by atomic mass is 10.1. The standard InChI is InChI=1S/C23H25ClFN5O4/c1-26-23(31)34-20-9-13(7-8-30(20)2)33-19-10-14-17(11-18(19)32-3)27-12-28-22(14)29-16-6-4-5-15(24)21(16)25/h4-6,10-13,20H,7-9H2,1-3H3,(H,26,31)(H,27,28,29)/t13-,20+/m0/s1. The van der Waals surface area contributed by atoms with Crippen molar-refractivity contribution < 1.29 is 23.4 Å². The number of aromatic nitrogens is 2. The Balaban J connectivity index is 1.63. The SMILES string of the molecule is CNC(=O)O[C@@H]1C[C@@H](Oc2cc3c(Nc4cccc(Cl)c4F)ncnc3cc2OC)CCN1C. The molecule has 2 atom stereocenters. The molecule has 11 heteroatoms. The number of nitrogens with zero attached hydrogens (tertiary/aromatic N) is 3. The van der Waals surface area contributed by atoms with E-state index in [1.54, 1.807) is 31.4 Å². The van der Waals surface area contributed by atoms with Gasteiger partial charge >= 0.3 is 6.09 Å². The van der Waals surface area contributed by atoms with Crippen molar-refractivity contribution in [1.29, 1.82) is 0 Å². The minimum atomic E-state index is -0.575. The fourth-order valence-electron chi connectivity index (χ4n) is 3.76. The zero-order valence-corrected chi connectivity index (χ0v) is 19.7. The largest absolute Gasteiger partial charge is 0.493 e. The van der Waals surface area contributed by atoms with E-state index in [1.165, 1.54) is 19.4 Å². The van der Waals surface area contributed by atoms with Gasteiger partial charge in [0.25, 0.3) is 0 Å². The fourth-order valence-corrected chi connectivity index (χ4v) is 3.94. The third-order valence-electron chi connectivity index (χ3n) is 5.63. The number of piperidine rings is 1. The summed E-state index contributed by atoms with van der Waals surface area (Å²) in [7, 11) is 4.95. The zero-order valence-electron chi connectivity index (χ0n) is 19.0. The first-order valence-corrected chi connectivity index (χ1v) is 11.1. The lowest BCUT2D eigenvalue weighted by Gasteiger charge is -2.36. The van der Waals surface area contributed by atoms with Gasteiger partial charge in [-0.25, -0.2) is 19.2 Å². The molecule has 4 rings (SSSR count). The number of nitrogens with one attached hydrogen (secondary N) is 2. The number of carbonyl (C=O) groups is 1. The highest BCUT2D eigenvalue weighted by Crippen LogP contribution is 2.37. The molecule has 0 aliphatic carbocycles. The number of hydrogen-bond donors (Lipinski definition) is 2. The first kappa shape index (κ1) is 23.8. The van der Waals surface area contributed by atoms with Gasteiger partial charge in [0.05, 0.1) is 23.3 Å². The summed E-state index contributed by atoms with van der Waals surface area (Å²) in [6, 6.07) is 8.18. The molecule has 180 valence electrons. The number of halogens is 2. The average molecular weight is 490 g/mol. The van der Waals surface area contributed by atoms with Crippen molar-refractivity contribution >= 4 is 40.1 Å². The van der Waals surface area contributed by atoms with Gasteiger partial charge in [-0.05, 0) is 31.7 Å². The number of rotatable bonds is 6. The highest BCUT2D eigenvalue weighted by molar-refractivity contribution is 6.31. The molecule has 2 heterocycles. The van der Waals surface area contributed by atoms with Crippen LogP contribution < -0.4 is 20.1 Å². The van der Waals surface area contributed by atoms with Crippen LogP contribution in [0.2, 0.25) is 5.02 Å². The van der Waals surface area contributed by atoms with Gasteiger partial charge in [0, 0.05) is 31.5 Å². The van der Waals surface area contributed by atoms with Crippen molar-refractivity contribution in [3.63, 3.8) is 0 Å². The van der Waals surface area contributed by atoms with Gasteiger partial charge in [-0.15, -0.1) is 0 Å². The summed E-state index contributed by atoms with van der Waals surface area (Å²) in [5, 5.41) is 6.07. The van der Waals surface area contributed by atoms with E-state index in [0.717, 1.165) is 6.42 Å². The van der Waals surface area contributed by atoms with Crippen LogP contribution in [0.5, 0.6) is 11.5 Å². The first-order valence-electron chi connectivity index (χ1n) is 10.7. The van der Waals surface area contributed by atoms with E-state index in [4.69, 9.17) is 25.8 Å². The Labute approximate surface area is 201 Å². The number of anilines is 2. The van der Waals surface area contributed by atoms with E-state index in [0.29, 0.717) is 41.2 Å². The number of methoxy groups -OCH3 is 1. The van der Waals surface area contributed by atoms with E-state index >= 15 is 0 Å². The fraction of sp³-hybridized carbons (Fsp3) is 0.348. The molecule has 9 nitrogen and oxygen atoms in total. The molecule has 1 amide bonds. The topological polar surface area (TPSA) is 97.8 Å². The second-order valence-corrected chi connectivity index (χ2v) is 8.23. The Morgan fingerprint density at radius 1 is 1.26 bits per heavy atom. The smallest absolute Gasteiger partial charge is 0.408 e. The number of amides is 1. The first-order chi connectivity index (χ1) is 16.4. The Kier molecular flexibility index (Phi) is 7.18. The summed E-state index contributed by atoms with van der Waals surface area (Å²) in [4.78, 5) is 22.2. The maximum Gasteiger partial charge on any atom is 0.408 e. The van der Waals surface area contributed by atoms with E-state index < -0.39 is 18.1 Å². The van der Waals surface area contributed by atoms with Gasteiger partial charge in [-0.3, -0.25) is 4.90 Å². The summed E-state index contributed by atoms with van der Waals surface area (Å²) < 4.78 is 31.7. The molecule has 0 spiro atoms. The van der Waals surface area contributed by atoms with Crippen LogP contribution in [0.4, 0.5) is 20.7 Å². The van der Waals surface area contributed by atoms with Gasteiger partial charge in [-0.2, -0.15) is 0 Å². The molecule has 1 aliphatic rings. The average Bonchev–Trinajstić information content (AvgIpc) is 2.84. The maximum absolute atomic E-state index is 14.5. The molecule has 1 aliphatic heterocycles. The molecule has 0 unspecified atom stereocenters.